The van der Waals surface area contributed by atoms with Gasteiger partial charge in [0.2, 0.25) is 10.0 Å². The Morgan fingerprint density at radius 1 is 0.952 bits per heavy atom. The minimum atomic E-state index is -3.88. The van der Waals surface area contributed by atoms with Gasteiger partial charge in [0.25, 0.3) is 0 Å². The third-order valence-electron chi connectivity index (χ3n) is 3.06. The van der Waals surface area contributed by atoms with Crippen LogP contribution in [0.3, 0.4) is 0 Å². The van der Waals surface area contributed by atoms with Crippen LogP contribution >= 0.6 is 0 Å². The smallest absolute Gasteiger partial charge is 0.207 e. The van der Waals surface area contributed by atoms with Crippen LogP contribution in [0.4, 0.5) is 8.78 Å². The fourth-order valence-electron chi connectivity index (χ4n) is 2.03. The lowest BCUT2D eigenvalue weighted by Crippen LogP contribution is -2.41. The fraction of sp³-hybridized carbons (Fsp3) is 0.200. The number of hydrogen-bond acceptors (Lipinski definition) is 2. The molecule has 0 aliphatic carbocycles. The Kier molecular flexibility index (Phi) is 4.11. The van der Waals surface area contributed by atoms with Crippen LogP contribution in [-0.2, 0) is 15.6 Å². The Labute approximate surface area is 122 Å². The summed E-state index contributed by atoms with van der Waals surface area (Å²) in [6, 6.07) is 10.4. The summed E-state index contributed by atoms with van der Waals surface area (Å²) in [7, 11) is -3.88. The highest BCUT2D eigenvalue weighted by molar-refractivity contribution is 7.89. The van der Waals surface area contributed by atoms with Crippen LogP contribution in [0.25, 0.3) is 0 Å². The molecule has 0 bridgehead atoms. The number of hydrogen-bond donors (Lipinski definition) is 1. The molecule has 1 N–H and O–H groups in total. The van der Waals surface area contributed by atoms with Crippen LogP contribution < -0.4 is 4.72 Å². The first kappa shape index (κ1) is 15.6. The molecule has 0 heterocycles. The first-order valence-corrected chi connectivity index (χ1v) is 7.75. The Bertz CT molecular complexity index is 741. The molecule has 0 unspecified atom stereocenters. The average Bonchev–Trinajstić information content (AvgIpc) is 2.38. The second-order valence-electron chi connectivity index (χ2n) is 5.16. The molecule has 0 fully saturated rings. The standard InChI is InChI=1S/C15H15F2NO2S/c1-15(2,13-5-3-4-6-14(13)17)18-21(19,20)12-9-7-11(16)8-10-12/h3-10,18H,1-2H3. The van der Waals surface area contributed by atoms with Gasteiger partial charge in [-0.15, -0.1) is 0 Å². The molecule has 0 radical (unpaired) electrons. The zero-order chi connectivity index (χ0) is 15.7. The fourth-order valence-corrected chi connectivity index (χ4v) is 3.43. The SMILES string of the molecule is CC(C)(NS(=O)(=O)c1ccc(F)cc1)c1ccccc1F. The molecule has 0 aliphatic heterocycles. The van der Waals surface area contributed by atoms with E-state index in [9.17, 15) is 17.2 Å². The van der Waals surface area contributed by atoms with Crippen molar-refractivity contribution in [3.63, 3.8) is 0 Å². The van der Waals surface area contributed by atoms with Crippen molar-refractivity contribution in [3.05, 3.63) is 65.7 Å². The van der Waals surface area contributed by atoms with Crippen molar-refractivity contribution in [2.45, 2.75) is 24.3 Å². The Hall–Kier alpha value is -1.79. The lowest BCUT2D eigenvalue weighted by molar-refractivity contribution is 0.446. The predicted octanol–water partition coefficient (Wildman–Crippen LogP) is 3.18. The molecule has 0 aliphatic rings. The van der Waals surface area contributed by atoms with Crippen molar-refractivity contribution >= 4 is 10.0 Å². The van der Waals surface area contributed by atoms with Gasteiger partial charge in [0.05, 0.1) is 10.4 Å². The van der Waals surface area contributed by atoms with Crippen LogP contribution in [0.2, 0.25) is 0 Å². The highest BCUT2D eigenvalue weighted by Gasteiger charge is 2.30. The highest BCUT2D eigenvalue weighted by Crippen LogP contribution is 2.25. The molecule has 0 atom stereocenters. The van der Waals surface area contributed by atoms with Gasteiger partial charge in [-0.05, 0) is 44.2 Å². The molecule has 0 amide bonds. The van der Waals surface area contributed by atoms with Gasteiger partial charge in [-0.25, -0.2) is 21.9 Å². The molecule has 3 nitrogen and oxygen atoms in total. The van der Waals surface area contributed by atoms with E-state index in [1.165, 1.54) is 18.2 Å². The summed E-state index contributed by atoms with van der Waals surface area (Å²) in [5.41, 5.74) is -0.908. The van der Waals surface area contributed by atoms with E-state index in [1.807, 2.05) is 0 Å². The van der Waals surface area contributed by atoms with Crippen molar-refractivity contribution < 1.29 is 17.2 Å². The molecule has 0 saturated heterocycles. The average molecular weight is 311 g/mol. The molecule has 0 aromatic heterocycles. The Balaban J connectivity index is 2.35. The predicted molar refractivity (Wildman–Crippen MR) is 76.1 cm³/mol. The van der Waals surface area contributed by atoms with E-state index in [1.54, 1.807) is 19.9 Å². The molecule has 112 valence electrons. The van der Waals surface area contributed by atoms with Crippen LogP contribution in [0.15, 0.2) is 53.4 Å². The Morgan fingerprint density at radius 3 is 2.10 bits per heavy atom. The number of benzene rings is 2. The minimum absolute atomic E-state index is 0.0756. The maximum absolute atomic E-state index is 13.8. The summed E-state index contributed by atoms with van der Waals surface area (Å²) >= 11 is 0. The normalized spacial score (nSPS) is 12.4. The number of sulfonamides is 1. The third-order valence-corrected chi connectivity index (χ3v) is 4.73. The Morgan fingerprint density at radius 2 is 1.52 bits per heavy atom. The van der Waals surface area contributed by atoms with Gasteiger partial charge in [0.1, 0.15) is 11.6 Å². The van der Waals surface area contributed by atoms with E-state index < -0.39 is 27.2 Å². The van der Waals surface area contributed by atoms with E-state index in [0.29, 0.717) is 0 Å². The lowest BCUT2D eigenvalue weighted by Gasteiger charge is -2.27. The number of halogens is 2. The number of nitrogens with one attached hydrogen (secondary N) is 1. The monoisotopic (exact) mass is 311 g/mol. The van der Waals surface area contributed by atoms with Gasteiger partial charge < -0.3 is 0 Å². The quantitative estimate of drug-likeness (QED) is 0.942. The number of rotatable bonds is 4. The zero-order valence-electron chi connectivity index (χ0n) is 11.6. The first-order valence-electron chi connectivity index (χ1n) is 6.27. The maximum Gasteiger partial charge on any atom is 0.241 e. The minimum Gasteiger partial charge on any atom is -0.207 e. The zero-order valence-corrected chi connectivity index (χ0v) is 12.4. The molecule has 2 aromatic rings. The van der Waals surface area contributed by atoms with Gasteiger partial charge in [0, 0.05) is 5.56 Å². The van der Waals surface area contributed by atoms with Crippen molar-refractivity contribution in [3.8, 4) is 0 Å². The second-order valence-corrected chi connectivity index (χ2v) is 6.85. The van der Waals surface area contributed by atoms with E-state index in [4.69, 9.17) is 0 Å². The highest BCUT2D eigenvalue weighted by atomic mass is 32.2. The topological polar surface area (TPSA) is 46.2 Å². The van der Waals surface area contributed by atoms with Gasteiger partial charge in [0.15, 0.2) is 0 Å². The van der Waals surface area contributed by atoms with Crippen molar-refractivity contribution in [2.24, 2.45) is 0 Å². The lowest BCUT2D eigenvalue weighted by atomic mass is 9.95. The molecule has 0 spiro atoms. The van der Waals surface area contributed by atoms with Crippen LogP contribution in [0.1, 0.15) is 19.4 Å². The molecular weight excluding hydrogens is 296 g/mol. The van der Waals surface area contributed by atoms with Crippen LogP contribution in [0, 0.1) is 11.6 Å². The van der Waals surface area contributed by atoms with E-state index >= 15 is 0 Å². The molecular formula is C15H15F2NO2S. The van der Waals surface area contributed by atoms with E-state index in [-0.39, 0.29) is 10.5 Å². The first-order chi connectivity index (χ1) is 9.72. The third kappa shape index (κ3) is 3.46. The molecule has 2 aromatic carbocycles. The molecule has 0 saturated carbocycles. The second kappa shape index (κ2) is 5.54. The van der Waals surface area contributed by atoms with E-state index in [0.717, 1.165) is 24.3 Å². The summed E-state index contributed by atoms with van der Waals surface area (Å²) < 4.78 is 53.7. The van der Waals surface area contributed by atoms with Crippen molar-refractivity contribution in [1.29, 1.82) is 0 Å². The summed E-state index contributed by atoms with van der Waals surface area (Å²) in [4.78, 5) is -0.0756. The van der Waals surface area contributed by atoms with Gasteiger partial charge in [-0.3, -0.25) is 0 Å². The summed E-state index contributed by atoms with van der Waals surface area (Å²) in [5, 5.41) is 0. The van der Waals surface area contributed by atoms with Crippen LogP contribution in [-0.4, -0.2) is 8.42 Å². The molecule has 6 heteroatoms. The van der Waals surface area contributed by atoms with Gasteiger partial charge in [-0.2, -0.15) is 0 Å². The van der Waals surface area contributed by atoms with Crippen LogP contribution in [0.5, 0.6) is 0 Å². The van der Waals surface area contributed by atoms with Gasteiger partial charge in [-0.1, -0.05) is 18.2 Å². The summed E-state index contributed by atoms with van der Waals surface area (Å²) in [5.74, 6) is -1.02. The molecule has 21 heavy (non-hydrogen) atoms. The van der Waals surface area contributed by atoms with E-state index in [2.05, 4.69) is 4.72 Å². The summed E-state index contributed by atoms with van der Waals surface area (Å²) in [6.45, 7) is 3.12. The van der Waals surface area contributed by atoms with Crippen molar-refractivity contribution in [1.82, 2.24) is 4.72 Å². The maximum atomic E-state index is 13.8. The summed E-state index contributed by atoms with van der Waals surface area (Å²) in [6.07, 6.45) is 0. The largest absolute Gasteiger partial charge is 0.241 e. The van der Waals surface area contributed by atoms with Gasteiger partial charge >= 0.3 is 0 Å². The molecule has 2 rings (SSSR count). The van der Waals surface area contributed by atoms with Crippen molar-refractivity contribution in [2.75, 3.05) is 0 Å².